The summed E-state index contributed by atoms with van der Waals surface area (Å²) in [4.78, 5) is 1.23. The van der Waals surface area contributed by atoms with E-state index in [9.17, 15) is 13.2 Å². The molecule has 0 aliphatic carbocycles. The van der Waals surface area contributed by atoms with Crippen LogP contribution in [0.5, 0.6) is 0 Å². The number of likely N-dealkylation sites (N-methyl/N-ethyl adjacent to an activating group) is 1. The lowest BCUT2D eigenvalue weighted by Crippen LogP contribution is -2.37. The highest BCUT2D eigenvalue weighted by atomic mass is 19.4. The number of hydrogen-bond donors (Lipinski definition) is 1. The molecule has 0 radical (unpaired) electrons. The van der Waals surface area contributed by atoms with Gasteiger partial charge in [0.1, 0.15) is 0 Å². The van der Waals surface area contributed by atoms with Crippen molar-refractivity contribution in [2.75, 3.05) is 20.1 Å². The molecule has 0 saturated carbocycles. The fourth-order valence-corrected chi connectivity index (χ4v) is 1.75. The van der Waals surface area contributed by atoms with Crippen molar-refractivity contribution in [1.82, 2.24) is 4.90 Å². The zero-order chi connectivity index (χ0) is 13.1. The SMILES string of the molecule is Cc1ccc(C(CN)N(C)CC(F)(F)F)cc1. The summed E-state index contributed by atoms with van der Waals surface area (Å²) in [5, 5.41) is 0. The van der Waals surface area contributed by atoms with Crippen LogP contribution in [0.2, 0.25) is 0 Å². The van der Waals surface area contributed by atoms with E-state index >= 15 is 0 Å². The maximum atomic E-state index is 12.3. The molecule has 2 N–H and O–H groups in total. The van der Waals surface area contributed by atoms with Gasteiger partial charge in [0, 0.05) is 12.6 Å². The highest BCUT2D eigenvalue weighted by Gasteiger charge is 2.31. The third kappa shape index (κ3) is 4.36. The monoisotopic (exact) mass is 246 g/mol. The Morgan fingerprint density at radius 2 is 1.76 bits per heavy atom. The molecule has 1 aromatic rings. The Bertz CT molecular complexity index is 346. The summed E-state index contributed by atoms with van der Waals surface area (Å²) in [5.74, 6) is 0. The molecule has 0 spiro atoms. The first-order chi connectivity index (χ1) is 7.83. The molecule has 96 valence electrons. The second-order valence-corrected chi connectivity index (χ2v) is 4.19. The van der Waals surface area contributed by atoms with E-state index in [0.717, 1.165) is 11.1 Å². The van der Waals surface area contributed by atoms with Crippen molar-refractivity contribution in [1.29, 1.82) is 0 Å². The minimum absolute atomic E-state index is 0.162. The molecule has 1 unspecified atom stereocenters. The zero-order valence-electron chi connectivity index (χ0n) is 9.96. The van der Waals surface area contributed by atoms with E-state index in [4.69, 9.17) is 5.73 Å². The predicted octanol–water partition coefficient (Wildman–Crippen LogP) is 2.49. The number of rotatable bonds is 4. The maximum Gasteiger partial charge on any atom is 0.401 e. The normalized spacial score (nSPS) is 14.1. The summed E-state index contributed by atoms with van der Waals surface area (Å²) >= 11 is 0. The first-order valence-corrected chi connectivity index (χ1v) is 5.37. The summed E-state index contributed by atoms with van der Waals surface area (Å²) in [7, 11) is 1.44. The van der Waals surface area contributed by atoms with Crippen molar-refractivity contribution in [3.63, 3.8) is 0 Å². The third-order valence-electron chi connectivity index (χ3n) is 2.65. The molecule has 17 heavy (non-hydrogen) atoms. The summed E-state index contributed by atoms with van der Waals surface area (Å²) in [5.41, 5.74) is 7.44. The van der Waals surface area contributed by atoms with Crippen LogP contribution in [0.25, 0.3) is 0 Å². The van der Waals surface area contributed by atoms with Crippen LogP contribution in [0.4, 0.5) is 13.2 Å². The molecule has 0 fully saturated rings. The van der Waals surface area contributed by atoms with Crippen LogP contribution in [0.15, 0.2) is 24.3 Å². The van der Waals surface area contributed by atoms with Crippen LogP contribution in [-0.4, -0.2) is 31.2 Å². The Hall–Kier alpha value is -1.07. The number of nitrogens with two attached hydrogens (primary N) is 1. The molecule has 0 heterocycles. The highest BCUT2D eigenvalue weighted by Crippen LogP contribution is 2.23. The van der Waals surface area contributed by atoms with Gasteiger partial charge in [-0.2, -0.15) is 13.2 Å². The Morgan fingerprint density at radius 1 is 1.24 bits per heavy atom. The van der Waals surface area contributed by atoms with Crippen molar-refractivity contribution in [2.24, 2.45) is 5.73 Å². The van der Waals surface area contributed by atoms with E-state index in [1.807, 2.05) is 31.2 Å². The first-order valence-electron chi connectivity index (χ1n) is 5.37. The van der Waals surface area contributed by atoms with Gasteiger partial charge in [-0.3, -0.25) is 4.90 Å². The second-order valence-electron chi connectivity index (χ2n) is 4.19. The fourth-order valence-electron chi connectivity index (χ4n) is 1.75. The van der Waals surface area contributed by atoms with Gasteiger partial charge in [0.15, 0.2) is 0 Å². The largest absolute Gasteiger partial charge is 0.401 e. The van der Waals surface area contributed by atoms with E-state index in [-0.39, 0.29) is 6.54 Å². The summed E-state index contributed by atoms with van der Waals surface area (Å²) < 4.78 is 36.9. The van der Waals surface area contributed by atoms with Crippen molar-refractivity contribution in [3.8, 4) is 0 Å². The molecule has 0 saturated heterocycles. The Morgan fingerprint density at radius 3 is 2.18 bits per heavy atom. The summed E-state index contributed by atoms with van der Waals surface area (Å²) in [6.45, 7) is 1.14. The molecule has 1 aromatic carbocycles. The number of nitrogens with zero attached hydrogens (tertiary/aromatic N) is 1. The first kappa shape index (κ1) is 14.0. The molecule has 0 aromatic heterocycles. The minimum Gasteiger partial charge on any atom is -0.329 e. The average Bonchev–Trinajstić information content (AvgIpc) is 2.19. The fraction of sp³-hybridized carbons (Fsp3) is 0.500. The molecular weight excluding hydrogens is 229 g/mol. The van der Waals surface area contributed by atoms with Gasteiger partial charge in [-0.05, 0) is 19.5 Å². The smallest absolute Gasteiger partial charge is 0.329 e. The van der Waals surface area contributed by atoms with Gasteiger partial charge in [-0.15, -0.1) is 0 Å². The third-order valence-corrected chi connectivity index (χ3v) is 2.65. The van der Waals surface area contributed by atoms with Crippen molar-refractivity contribution < 1.29 is 13.2 Å². The van der Waals surface area contributed by atoms with Crippen LogP contribution < -0.4 is 5.73 Å². The van der Waals surface area contributed by atoms with Gasteiger partial charge in [0.05, 0.1) is 6.54 Å². The molecule has 1 rings (SSSR count). The molecule has 0 amide bonds. The maximum absolute atomic E-state index is 12.3. The molecule has 0 bridgehead atoms. The quantitative estimate of drug-likeness (QED) is 0.884. The van der Waals surface area contributed by atoms with Crippen LogP contribution in [-0.2, 0) is 0 Å². The number of hydrogen-bond acceptors (Lipinski definition) is 2. The molecule has 2 nitrogen and oxygen atoms in total. The lowest BCUT2D eigenvalue weighted by atomic mass is 10.0. The van der Waals surface area contributed by atoms with Crippen LogP contribution >= 0.6 is 0 Å². The zero-order valence-corrected chi connectivity index (χ0v) is 9.96. The van der Waals surface area contributed by atoms with Gasteiger partial charge >= 0.3 is 6.18 Å². The van der Waals surface area contributed by atoms with Gasteiger partial charge < -0.3 is 5.73 Å². The number of alkyl halides is 3. The molecule has 0 aliphatic heterocycles. The van der Waals surface area contributed by atoms with Crippen LogP contribution in [0, 0.1) is 6.92 Å². The standard InChI is InChI=1S/C12H17F3N2/c1-9-3-5-10(6-4-9)11(7-16)17(2)8-12(13,14)15/h3-6,11H,7-8,16H2,1-2H3. The van der Waals surface area contributed by atoms with Crippen LogP contribution in [0.3, 0.4) is 0 Å². The van der Waals surface area contributed by atoms with E-state index < -0.39 is 18.8 Å². The molecule has 5 heteroatoms. The predicted molar refractivity (Wildman–Crippen MR) is 61.7 cm³/mol. The highest BCUT2D eigenvalue weighted by molar-refractivity contribution is 5.24. The van der Waals surface area contributed by atoms with Gasteiger partial charge in [-0.1, -0.05) is 29.8 Å². The molecule has 1 atom stereocenters. The van der Waals surface area contributed by atoms with E-state index in [1.54, 1.807) is 0 Å². The Balaban J connectivity index is 2.80. The van der Waals surface area contributed by atoms with E-state index in [1.165, 1.54) is 11.9 Å². The van der Waals surface area contributed by atoms with Crippen molar-refractivity contribution in [2.45, 2.75) is 19.1 Å². The topological polar surface area (TPSA) is 29.3 Å². The molecule has 0 aliphatic rings. The Kier molecular flexibility index (Phi) is 4.54. The van der Waals surface area contributed by atoms with E-state index in [2.05, 4.69) is 0 Å². The summed E-state index contributed by atoms with van der Waals surface area (Å²) in [6.07, 6.45) is -4.20. The van der Waals surface area contributed by atoms with Crippen molar-refractivity contribution >= 4 is 0 Å². The number of aryl methyl sites for hydroxylation is 1. The van der Waals surface area contributed by atoms with Crippen molar-refractivity contribution in [3.05, 3.63) is 35.4 Å². The lowest BCUT2D eigenvalue weighted by Gasteiger charge is -2.28. The van der Waals surface area contributed by atoms with Gasteiger partial charge in [0.25, 0.3) is 0 Å². The number of benzene rings is 1. The van der Waals surface area contributed by atoms with Gasteiger partial charge in [0.2, 0.25) is 0 Å². The van der Waals surface area contributed by atoms with E-state index in [0.29, 0.717) is 0 Å². The molecular formula is C12H17F3N2. The number of halogens is 3. The van der Waals surface area contributed by atoms with Crippen LogP contribution in [0.1, 0.15) is 17.2 Å². The Labute approximate surface area is 99.2 Å². The van der Waals surface area contributed by atoms with Gasteiger partial charge in [-0.25, -0.2) is 0 Å². The minimum atomic E-state index is -4.20. The lowest BCUT2D eigenvalue weighted by molar-refractivity contribution is -0.147. The summed E-state index contributed by atoms with van der Waals surface area (Å²) in [6, 6.07) is 6.98. The average molecular weight is 246 g/mol. The second kappa shape index (κ2) is 5.51.